The zero-order valence-electron chi connectivity index (χ0n) is 11.8. The summed E-state index contributed by atoms with van der Waals surface area (Å²) in [7, 11) is -2.25. The van der Waals surface area contributed by atoms with Crippen molar-refractivity contribution in [1.82, 2.24) is 10.6 Å². The zero-order chi connectivity index (χ0) is 15.8. The van der Waals surface area contributed by atoms with Gasteiger partial charge in [-0.1, -0.05) is 30.3 Å². The van der Waals surface area contributed by atoms with Crippen LogP contribution in [0.4, 0.5) is 4.79 Å². The molecule has 0 saturated carbocycles. The van der Waals surface area contributed by atoms with E-state index in [1.807, 2.05) is 30.3 Å². The van der Waals surface area contributed by atoms with Gasteiger partial charge in [-0.15, -0.1) is 0 Å². The van der Waals surface area contributed by atoms with Gasteiger partial charge in [0.2, 0.25) is 5.91 Å². The van der Waals surface area contributed by atoms with Crippen LogP contribution in [0.15, 0.2) is 30.3 Å². The minimum absolute atomic E-state index is 0.107. The van der Waals surface area contributed by atoms with Gasteiger partial charge in [-0.25, -0.2) is 4.79 Å². The quantitative estimate of drug-likeness (QED) is 0.587. The molecule has 8 heteroatoms. The van der Waals surface area contributed by atoms with E-state index < -0.39 is 32.2 Å². The molecule has 4 N–H and O–H groups in total. The molecule has 116 valence electrons. The number of nitrogens with one attached hydrogen (secondary N) is 2. The van der Waals surface area contributed by atoms with E-state index in [1.54, 1.807) is 0 Å². The van der Waals surface area contributed by atoms with E-state index in [0.29, 0.717) is 0 Å². The number of benzene rings is 1. The molecule has 0 radical (unpaired) electrons. The lowest BCUT2D eigenvalue weighted by Gasteiger charge is -2.18. The summed E-state index contributed by atoms with van der Waals surface area (Å²) in [6.07, 6.45) is -0.718. The number of rotatable bonds is 6. The van der Waals surface area contributed by atoms with E-state index in [4.69, 9.17) is 14.5 Å². The number of carbonyl (C=O) groups excluding carboxylic acids is 2. The second-order valence-electron chi connectivity index (χ2n) is 4.43. The first kappa shape index (κ1) is 17.4. The van der Waals surface area contributed by atoms with E-state index in [9.17, 15) is 9.59 Å². The van der Waals surface area contributed by atoms with Gasteiger partial charge in [0.05, 0.1) is 5.78 Å². The smallest absolute Gasteiger partial charge is 0.408 e. The predicted octanol–water partition coefficient (Wildman–Crippen LogP) is 1.06. The molecule has 0 saturated heterocycles. The van der Waals surface area contributed by atoms with Crippen molar-refractivity contribution in [1.29, 1.82) is 0 Å². The van der Waals surface area contributed by atoms with Crippen LogP contribution in [0.2, 0.25) is 0 Å². The van der Waals surface area contributed by atoms with Crippen LogP contribution >= 0.6 is 8.38 Å². The number of amides is 2. The maximum atomic E-state index is 11.7. The molecule has 0 aliphatic carbocycles. The monoisotopic (exact) mass is 314 g/mol. The summed E-state index contributed by atoms with van der Waals surface area (Å²) in [4.78, 5) is 41.1. The van der Waals surface area contributed by atoms with Gasteiger partial charge in [-0.2, -0.15) is 0 Å². The van der Waals surface area contributed by atoms with Gasteiger partial charge in [0.25, 0.3) is 0 Å². The van der Waals surface area contributed by atoms with Crippen LogP contribution in [-0.4, -0.2) is 33.6 Å². The molecule has 1 rings (SSSR count). The SMILES string of the molecule is CC(NC(=O)[C@@H](C)NC(=O)OCc1ccccc1)P(O)O. The Hall–Kier alpha value is -1.69. The van der Waals surface area contributed by atoms with Gasteiger partial charge in [0.1, 0.15) is 12.6 Å². The fraction of sp³-hybridized carbons (Fsp3) is 0.385. The Morgan fingerprint density at radius 3 is 2.38 bits per heavy atom. The first-order valence-electron chi connectivity index (χ1n) is 6.34. The van der Waals surface area contributed by atoms with Crippen molar-refractivity contribution >= 4 is 20.4 Å². The van der Waals surface area contributed by atoms with Gasteiger partial charge >= 0.3 is 6.09 Å². The van der Waals surface area contributed by atoms with Gasteiger partial charge in [-0.05, 0) is 19.4 Å². The van der Waals surface area contributed by atoms with Crippen molar-refractivity contribution < 1.29 is 24.1 Å². The van der Waals surface area contributed by atoms with Crippen molar-refractivity contribution in [3.63, 3.8) is 0 Å². The second-order valence-corrected chi connectivity index (χ2v) is 5.85. The fourth-order valence-electron chi connectivity index (χ4n) is 1.40. The summed E-state index contributed by atoms with van der Waals surface area (Å²) in [6, 6.07) is 8.30. The Morgan fingerprint density at radius 2 is 1.81 bits per heavy atom. The molecule has 0 spiro atoms. The van der Waals surface area contributed by atoms with Crippen LogP contribution in [-0.2, 0) is 16.1 Å². The summed E-state index contributed by atoms with van der Waals surface area (Å²) >= 11 is 0. The lowest BCUT2D eigenvalue weighted by molar-refractivity contribution is -0.122. The molecule has 0 aliphatic rings. The topological polar surface area (TPSA) is 108 Å². The van der Waals surface area contributed by atoms with Gasteiger partial charge in [0.15, 0.2) is 8.38 Å². The first-order valence-corrected chi connectivity index (χ1v) is 7.66. The summed E-state index contributed by atoms with van der Waals surface area (Å²) in [5.74, 6) is -1.29. The minimum Gasteiger partial charge on any atom is -0.445 e. The highest BCUT2D eigenvalue weighted by Gasteiger charge is 2.20. The molecule has 1 unspecified atom stereocenters. The predicted molar refractivity (Wildman–Crippen MR) is 78.2 cm³/mol. The molecule has 0 heterocycles. The fourth-order valence-corrected chi connectivity index (χ4v) is 1.64. The molecule has 2 atom stereocenters. The normalized spacial score (nSPS) is 13.4. The van der Waals surface area contributed by atoms with E-state index in [2.05, 4.69) is 10.6 Å². The molecular formula is C13H19N2O5P. The van der Waals surface area contributed by atoms with Crippen LogP contribution < -0.4 is 10.6 Å². The number of hydrogen-bond donors (Lipinski definition) is 4. The average molecular weight is 314 g/mol. The van der Waals surface area contributed by atoms with Gasteiger partial charge < -0.3 is 25.2 Å². The Morgan fingerprint density at radius 1 is 1.19 bits per heavy atom. The summed E-state index contributed by atoms with van der Waals surface area (Å²) in [5, 5.41) is 4.74. The lowest BCUT2D eigenvalue weighted by atomic mass is 10.2. The number of alkyl carbamates (subject to hydrolysis) is 1. The molecular weight excluding hydrogens is 295 g/mol. The number of ether oxygens (including phenoxy) is 1. The highest BCUT2D eigenvalue weighted by Crippen LogP contribution is 2.27. The third-order valence-electron chi connectivity index (χ3n) is 2.64. The first-order chi connectivity index (χ1) is 9.90. The highest BCUT2D eigenvalue weighted by molar-refractivity contribution is 7.45. The van der Waals surface area contributed by atoms with Gasteiger partial charge in [0, 0.05) is 0 Å². The lowest BCUT2D eigenvalue weighted by Crippen LogP contribution is -2.47. The molecule has 1 aromatic rings. The third kappa shape index (κ3) is 6.53. The number of carbonyl (C=O) groups is 2. The number of hydrogen-bond acceptors (Lipinski definition) is 5. The molecule has 2 amide bonds. The van der Waals surface area contributed by atoms with E-state index in [-0.39, 0.29) is 6.61 Å². The van der Waals surface area contributed by atoms with Crippen LogP contribution in [0.5, 0.6) is 0 Å². The third-order valence-corrected chi connectivity index (χ3v) is 3.46. The maximum absolute atomic E-state index is 11.7. The molecule has 7 nitrogen and oxygen atoms in total. The van der Waals surface area contributed by atoms with Crippen molar-refractivity contribution in [3.05, 3.63) is 35.9 Å². The van der Waals surface area contributed by atoms with Crippen molar-refractivity contribution in [2.45, 2.75) is 32.3 Å². The molecule has 0 aliphatic heterocycles. The second kappa shape index (κ2) is 8.56. The minimum atomic E-state index is -2.25. The van der Waals surface area contributed by atoms with Crippen LogP contribution in [0.3, 0.4) is 0 Å². The van der Waals surface area contributed by atoms with Crippen molar-refractivity contribution in [2.75, 3.05) is 0 Å². The standard InChI is InChI=1S/C13H19N2O5P/c1-9(12(16)15-10(2)21(18)19)14-13(17)20-8-11-6-4-3-5-7-11/h3-7,9-10,18-19H,8H2,1-2H3,(H,14,17)(H,15,16)/t9-,10?/m1/s1. The largest absolute Gasteiger partial charge is 0.445 e. The summed E-state index contributed by atoms with van der Waals surface area (Å²) in [5.41, 5.74) is 0.838. The molecule has 1 aromatic carbocycles. The van der Waals surface area contributed by atoms with E-state index >= 15 is 0 Å². The average Bonchev–Trinajstić information content (AvgIpc) is 2.45. The Balaban J connectivity index is 2.35. The summed E-state index contributed by atoms with van der Waals surface area (Å²) in [6.45, 7) is 3.04. The maximum Gasteiger partial charge on any atom is 0.408 e. The highest BCUT2D eigenvalue weighted by atomic mass is 31.2. The molecule has 0 bridgehead atoms. The zero-order valence-corrected chi connectivity index (χ0v) is 12.7. The van der Waals surface area contributed by atoms with Crippen LogP contribution in [0, 0.1) is 0 Å². The Labute approximate surface area is 124 Å². The van der Waals surface area contributed by atoms with E-state index in [0.717, 1.165) is 5.56 Å². The van der Waals surface area contributed by atoms with Crippen molar-refractivity contribution in [3.8, 4) is 0 Å². The Bertz CT molecular complexity index is 469. The Kier molecular flexibility index (Phi) is 7.08. The van der Waals surface area contributed by atoms with Gasteiger partial charge in [-0.3, -0.25) is 4.79 Å². The van der Waals surface area contributed by atoms with E-state index in [1.165, 1.54) is 13.8 Å². The molecule has 21 heavy (non-hydrogen) atoms. The molecule has 0 fully saturated rings. The molecule has 0 aromatic heterocycles. The van der Waals surface area contributed by atoms with Crippen LogP contribution in [0.25, 0.3) is 0 Å². The summed E-state index contributed by atoms with van der Waals surface area (Å²) < 4.78 is 4.98. The van der Waals surface area contributed by atoms with Crippen LogP contribution in [0.1, 0.15) is 19.4 Å². The van der Waals surface area contributed by atoms with Crippen molar-refractivity contribution in [2.24, 2.45) is 0 Å².